The minimum Gasteiger partial charge on any atom is -0.494 e. The molecule has 0 amide bonds. The van der Waals surface area contributed by atoms with Gasteiger partial charge in [-0.25, -0.2) is 8.78 Å². The first kappa shape index (κ1) is 12.6. The third-order valence-electron chi connectivity index (χ3n) is 2.01. The van der Waals surface area contributed by atoms with Crippen LogP contribution in [-0.4, -0.2) is 19.4 Å². The van der Waals surface area contributed by atoms with E-state index in [1.165, 1.54) is 14.0 Å². The fraction of sp³-hybridized carbons (Fsp3) is 0.364. The summed E-state index contributed by atoms with van der Waals surface area (Å²) in [5, 5.41) is 2.71. The number of carbonyl (C=O) groups is 1. The van der Waals surface area contributed by atoms with E-state index in [2.05, 4.69) is 10.1 Å². The molecule has 0 unspecified atom stereocenters. The van der Waals surface area contributed by atoms with Gasteiger partial charge in [0.2, 0.25) is 0 Å². The monoisotopic (exact) mass is 229 g/mol. The molecule has 0 aliphatic rings. The van der Waals surface area contributed by atoms with Crippen LogP contribution in [0.4, 0.5) is 8.78 Å². The van der Waals surface area contributed by atoms with E-state index in [1.807, 2.05) is 0 Å². The van der Waals surface area contributed by atoms with Crippen molar-refractivity contribution in [2.75, 3.05) is 13.7 Å². The number of hydrogen-bond acceptors (Lipinski definition) is 3. The molecular formula is C11H13F2NO2. The molecule has 0 aromatic heterocycles. The molecule has 0 heterocycles. The molecule has 0 spiro atoms. The molecule has 0 atom stereocenters. The first-order valence-corrected chi connectivity index (χ1v) is 4.76. The Bertz CT molecular complexity index is 394. The minimum absolute atomic E-state index is 0.0607. The molecule has 1 aromatic rings. The Labute approximate surface area is 92.4 Å². The van der Waals surface area contributed by atoms with E-state index in [-0.39, 0.29) is 30.2 Å². The van der Waals surface area contributed by atoms with Gasteiger partial charge in [-0.2, -0.15) is 0 Å². The third-order valence-corrected chi connectivity index (χ3v) is 2.01. The van der Waals surface area contributed by atoms with E-state index in [0.29, 0.717) is 0 Å². The maximum absolute atomic E-state index is 13.4. The van der Waals surface area contributed by atoms with Gasteiger partial charge in [0.05, 0.1) is 13.7 Å². The predicted octanol–water partition coefficient (Wildman–Crippen LogP) is 1.65. The van der Waals surface area contributed by atoms with Crippen LogP contribution in [0.3, 0.4) is 0 Å². The van der Waals surface area contributed by atoms with Crippen LogP contribution in [0.25, 0.3) is 0 Å². The summed E-state index contributed by atoms with van der Waals surface area (Å²) in [5.74, 6) is -1.37. The van der Waals surface area contributed by atoms with Crippen LogP contribution >= 0.6 is 0 Å². The SMILES string of the molecule is COc1cc(F)c(CNCC(C)=O)cc1F. The Morgan fingerprint density at radius 1 is 1.38 bits per heavy atom. The van der Waals surface area contributed by atoms with Crippen molar-refractivity contribution < 1.29 is 18.3 Å². The lowest BCUT2D eigenvalue weighted by atomic mass is 10.2. The van der Waals surface area contributed by atoms with E-state index in [9.17, 15) is 13.6 Å². The van der Waals surface area contributed by atoms with Crippen LogP contribution in [0, 0.1) is 11.6 Å². The molecule has 0 saturated heterocycles. The van der Waals surface area contributed by atoms with E-state index in [0.717, 1.165) is 12.1 Å². The van der Waals surface area contributed by atoms with E-state index in [4.69, 9.17) is 0 Å². The lowest BCUT2D eigenvalue weighted by Gasteiger charge is -2.07. The second-order valence-corrected chi connectivity index (χ2v) is 3.38. The number of Topliss-reactive ketones (excluding diaryl/α,β-unsaturated/α-hetero) is 1. The summed E-state index contributed by atoms with van der Waals surface area (Å²) in [7, 11) is 1.27. The van der Waals surface area contributed by atoms with Crippen molar-refractivity contribution in [1.29, 1.82) is 0 Å². The summed E-state index contributed by atoms with van der Waals surface area (Å²) >= 11 is 0. The molecule has 0 aliphatic heterocycles. The van der Waals surface area contributed by atoms with Crippen LogP contribution < -0.4 is 10.1 Å². The molecular weight excluding hydrogens is 216 g/mol. The molecule has 0 fully saturated rings. The van der Waals surface area contributed by atoms with Gasteiger partial charge >= 0.3 is 0 Å². The largest absolute Gasteiger partial charge is 0.494 e. The average Bonchev–Trinajstić information content (AvgIpc) is 2.22. The molecule has 88 valence electrons. The molecule has 5 heteroatoms. The van der Waals surface area contributed by atoms with E-state index in [1.54, 1.807) is 0 Å². The van der Waals surface area contributed by atoms with Crippen LogP contribution in [0.1, 0.15) is 12.5 Å². The molecule has 16 heavy (non-hydrogen) atoms. The molecule has 1 N–H and O–H groups in total. The Morgan fingerprint density at radius 3 is 2.62 bits per heavy atom. The molecule has 0 radical (unpaired) electrons. The third kappa shape index (κ3) is 3.27. The fourth-order valence-corrected chi connectivity index (χ4v) is 1.23. The molecule has 0 aliphatic carbocycles. The highest BCUT2D eigenvalue weighted by Gasteiger charge is 2.09. The van der Waals surface area contributed by atoms with Crippen molar-refractivity contribution in [2.45, 2.75) is 13.5 Å². The maximum atomic E-state index is 13.4. The fourth-order valence-electron chi connectivity index (χ4n) is 1.23. The van der Waals surface area contributed by atoms with Gasteiger partial charge in [0.1, 0.15) is 11.6 Å². The second-order valence-electron chi connectivity index (χ2n) is 3.38. The second kappa shape index (κ2) is 5.55. The van der Waals surface area contributed by atoms with Gasteiger partial charge in [0.25, 0.3) is 0 Å². The molecule has 1 rings (SSSR count). The molecule has 0 bridgehead atoms. The highest BCUT2D eigenvalue weighted by Crippen LogP contribution is 2.20. The number of methoxy groups -OCH3 is 1. The van der Waals surface area contributed by atoms with Crippen molar-refractivity contribution in [2.24, 2.45) is 0 Å². The lowest BCUT2D eigenvalue weighted by molar-refractivity contribution is -0.116. The molecule has 0 saturated carbocycles. The van der Waals surface area contributed by atoms with Crippen LogP contribution in [0.15, 0.2) is 12.1 Å². The van der Waals surface area contributed by atoms with Crippen molar-refractivity contribution >= 4 is 5.78 Å². The average molecular weight is 229 g/mol. The quantitative estimate of drug-likeness (QED) is 0.834. The van der Waals surface area contributed by atoms with Gasteiger partial charge in [0, 0.05) is 18.2 Å². The first-order chi connectivity index (χ1) is 7.54. The lowest BCUT2D eigenvalue weighted by Crippen LogP contribution is -2.21. The zero-order chi connectivity index (χ0) is 12.1. The highest BCUT2D eigenvalue weighted by molar-refractivity contribution is 5.77. The van der Waals surface area contributed by atoms with Crippen molar-refractivity contribution in [1.82, 2.24) is 5.32 Å². The maximum Gasteiger partial charge on any atom is 0.165 e. The number of hydrogen-bond donors (Lipinski definition) is 1. The van der Waals surface area contributed by atoms with Gasteiger partial charge in [-0.3, -0.25) is 4.79 Å². The first-order valence-electron chi connectivity index (χ1n) is 4.76. The van der Waals surface area contributed by atoms with Crippen LogP contribution in [0.2, 0.25) is 0 Å². The van der Waals surface area contributed by atoms with Crippen LogP contribution in [0.5, 0.6) is 5.75 Å². The standard InChI is InChI=1S/C11H13F2NO2/c1-7(15)5-14-6-8-3-10(13)11(16-2)4-9(8)12/h3-4,14H,5-6H2,1-2H3. The number of rotatable bonds is 5. The highest BCUT2D eigenvalue weighted by atomic mass is 19.1. The Kier molecular flexibility index (Phi) is 4.37. The van der Waals surface area contributed by atoms with Crippen molar-refractivity contribution in [3.8, 4) is 5.75 Å². The summed E-state index contributed by atoms with van der Waals surface area (Å²) < 4.78 is 31.2. The topological polar surface area (TPSA) is 38.3 Å². The van der Waals surface area contributed by atoms with Gasteiger partial charge in [-0.1, -0.05) is 0 Å². The normalized spacial score (nSPS) is 10.2. The Balaban J connectivity index is 2.73. The number of carbonyl (C=O) groups excluding carboxylic acids is 1. The minimum atomic E-state index is -0.622. The number of ether oxygens (including phenoxy) is 1. The Hall–Kier alpha value is -1.49. The smallest absolute Gasteiger partial charge is 0.165 e. The van der Waals surface area contributed by atoms with Crippen LogP contribution in [-0.2, 0) is 11.3 Å². The molecule has 3 nitrogen and oxygen atoms in total. The summed E-state index contributed by atoms with van der Waals surface area (Å²) in [6.45, 7) is 1.65. The summed E-state index contributed by atoms with van der Waals surface area (Å²) in [5.41, 5.74) is 0.166. The predicted molar refractivity (Wildman–Crippen MR) is 55.3 cm³/mol. The zero-order valence-corrected chi connectivity index (χ0v) is 9.14. The number of halogens is 2. The van der Waals surface area contributed by atoms with E-state index >= 15 is 0 Å². The van der Waals surface area contributed by atoms with Gasteiger partial charge in [-0.15, -0.1) is 0 Å². The summed E-state index contributed by atoms with van der Waals surface area (Å²) in [6, 6.07) is 2.04. The number of benzene rings is 1. The number of nitrogens with one attached hydrogen (secondary N) is 1. The summed E-state index contributed by atoms with van der Waals surface area (Å²) in [4.78, 5) is 10.6. The van der Waals surface area contributed by atoms with Crippen molar-refractivity contribution in [3.05, 3.63) is 29.3 Å². The molecule has 1 aromatic carbocycles. The Morgan fingerprint density at radius 2 is 2.06 bits per heavy atom. The number of ketones is 1. The zero-order valence-electron chi connectivity index (χ0n) is 9.14. The van der Waals surface area contributed by atoms with Crippen molar-refractivity contribution in [3.63, 3.8) is 0 Å². The van der Waals surface area contributed by atoms with Gasteiger partial charge in [-0.05, 0) is 13.0 Å². The van der Waals surface area contributed by atoms with E-state index < -0.39 is 11.6 Å². The van der Waals surface area contributed by atoms with Gasteiger partial charge < -0.3 is 10.1 Å². The van der Waals surface area contributed by atoms with Gasteiger partial charge in [0.15, 0.2) is 11.6 Å². The summed E-state index contributed by atoms with van der Waals surface area (Å²) in [6.07, 6.45) is 0.